The molecule has 0 unspecified atom stereocenters. The second kappa shape index (κ2) is 9.45. The van der Waals surface area contributed by atoms with E-state index in [-0.39, 0.29) is 17.7 Å². The Morgan fingerprint density at radius 3 is 2.08 bits per heavy atom. The number of hydrogen-bond donors (Lipinski definition) is 2. The van der Waals surface area contributed by atoms with E-state index in [1.807, 2.05) is 31.2 Å². The molecule has 0 heterocycles. The minimum Gasteiger partial charge on any atom is -0.326 e. The van der Waals surface area contributed by atoms with Gasteiger partial charge in [-0.15, -0.1) is 0 Å². The molecule has 1 fully saturated rings. The van der Waals surface area contributed by atoms with Crippen molar-refractivity contribution in [2.75, 3.05) is 10.6 Å². The minimum atomic E-state index is -0.00776. The van der Waals surface area contributed by atoms with Crippen LogP contribution in [0.15, 0.2) is 24.3 Å². The molecule has 2 amide bonds. The number of nitrogens with one attached hydrogen (secondary N) is 2. The number of carbonyl (C=O) groups excluding carboxylic acids is 2. The molecule has 4 nitrogen and oxygen atoms in total. The maximum Gasteiger partial charge on any atom is 0.227 e. The van der Waals surface area contributed by atoms with Crippen LogP contribution in [0, 0.1) is 11.8 Å². The summed E-state index contributed by atoms with van der Waals surface area (Å²) in [6, 6.07) is 7.34. The lowest BCUT2D eigenvalue weighted by Gasteiger charge is -2.27. The van der Waals surface area contributed by atoms with Crippen molar-refractivity contribution in [2.24, 2.45) is 11.8 Å². The van der Waals surface area contributed by atoms with Gasteiger partial charge in [-0.2, -0.15) is 0 Å². The Balaban J connectivity index is 1.79. The van der Waals surface area contributed by atoms with Gasteiger partial charge < -0.3 is 10.6 Å². The van der Waals surface area contributed by atoms with Gasteiger partial charge in [0.05, 0.1) is 0 Å². The Morgan fingerprint density at radius 1 is 0.958 bits per heavy atom. The van der Waals surface area contributed by atoms with Crippen molar-refractivity contribution in [3.05, 3.63) is 24.3 Å². The highest BCUT2D eigenvalue weighted by molar-refractivity contribution is 5.93. The molecule has 0 saturated heterocycles. The highest BCUT2D eigenvalue weighted by atomic mass is 16.2. The first kappa shape index (κ1) is 18.5. The van der Waals surface area contributed by atoms with E-state index < -0.39 is 0 Å². The molecular formula is C20H30N2O2. The molecule has 1 saturated carbocycles. The molecule has 0 aliphatic heterocycles. The van der Waals surface area contributed by atoms with Gasteiger partial charge in [-0.05, 0) is 55.9 Å². The molecule has 1 aromatic carbocycles. The van der Waals surface area contributed by atoms with Crippen LogP contribution in [0.4, 0.5) is 11.4 Å². The van der Waals surface area contributed by atoms with Gasteiger partial charge >= 0.3 is 0 Å². The lowest BCUT2D eigenvalue weighted by Crippen LogP contribution is -2.27. The number of amides is 2. The van der Waals surface area contributed by atoms with Crippen LogP contribution in [-0.4, -0.2) is 11.8 Å². The predicted octanol–water partition coefficient (Wildman–Crippen LogP) is 4.97. The third kappa shape index (κ3) is 5.66. The van der Waals surface area contributed by atoms with Gasteiger partial charge in [-0.25, -0.2) is 0 Å². The van der Waals surface area contributed by atoms with E-state index >= 15 is 0 Å². The smallest absolute Gasteiger partial charge is 0.227 e. The van der Waals surface area contributed by atoms with E-state index in [0.717, 1.165) is 30.1 Å². The summed E-state index contributed by atoms with van der Waals surface area (Å²) in [5.41, 5.74) is 1.55. The summed E-state index contributed by atoms with van der Waals surface area (Å²) in [6.07, 6.45) is 8.71. The van der Waals surface area contributed by atoms with Gasteiger partial charge in [0.2, 0.25) is 11.8 Å². The van der Waals surface area contributed by atoms with Crippen LogP contribution in [0.1, 0.15) is 65.2 Å². The van der Waals surface area contributed by atoms with Gasteiger partial charge in [0, 0.05) is 23.7 Å². The third-order valence-corrected chi connectivity index (χ3v) is 4.94. The Bertz CT molecular complexity index is 531. The summed E-state index contributed by atoms with van der Waals surface area (Å²) < 4.78 is 0. The van der Waals surface area contributed by atoms with Crippen molar-refractivity contribution in [3.8, 4) is 0 Å². The first-order valence-electron chi connectivity index (χ1n) is 9.33. The van der Waals surface area contributed by atoms with Gasteiger partial charge in [-0.3, -0.25) is 9.59 Å². The summed E-state index contributed by atoms with van der Waals surface area (Å²) in [6.45, 7) is 4.05. The van der Waals surface area contributed by atoms with Crippen LogP contribution < -0.4 is 10.6 Å². The zero-order chi connectivity index (χ0) is 17.4. The van der Waals surface area contributed by atoms with E-state index in [4.69, 9.17) is 0 Å². The molecule has 1 aliphatic carbocycles. The van der Waals surface area contributed by atoms with Crippen molar-refractivity contribution in [1.29, 1.82) is 0 Å². The van der Waals surface area contributed by atoms with Crippen molar-refractivity contribution < 1.29 is 9.59 Å². The van der Waals surface area contributed by atoms with Gasteiger partial charge in [0.1, 0.15) is 0 Å². The van der Waals surface area contributed by atoms with Crippen LogP contribution in [0.25, 0.3) is 0 Å². The molecular weight excluding hydrogens is 300 g/mol. The maximum absolute atomic E-state index is 12.4. The maximum atomic E-state index is 12.4. The van der Waals surface area contributed by atoms with Crippen LogP contribution in [-0.2, 0) is 9.59 Å². The number of hydrogen-bond acceptors (Lipinski definition) is 2. The molecule has 132 valence electrons. The fraction of sp³-hybridized carbons (Fsp3) is 0.600. The molecule has 24 heavy (non-hydrogen) atoms. The molecule has 0 aromatic heterocycles. The number of unbranched alkanes of at least 4 members (excludes halogenated alkanes) is 1. The Morgan fingerprint density at radius 2 is 1.54 bits per heavy atom. The lowest BCUT2D eigenvalue weighted by atomic mass is 9.79. The second-order valence-electron chi connectivity index (χ2n) is 6.83. The van der Waals surface area contributed by atoms with E-state index in [2.05, 4.69) is 17.6 Å². The lowest BCUT2D eigenvalue weighted by molar-refractivity contribution is -0.121. The summed E-state index contributed by atoms with van der Waals surface area (Å²) in [5, 5.41) is 5.82. The quantitative estimate of drug-likeness (QED) is 0.741. The molecule has 0 atom stereocenters. The van der Waals surface area contributed by atoms with Crippen LogP contribution in [0.3, 0.4) is 0 Å². The Hall–Kier alpha value is -1.84. The van der Waals surface area contributed by atoms with Crippen molar-refractivity contribution in [1.82, 2.24) is 0 Å². The van der Waals surface area contributed by atoms with E-state index in [9.17, 15) is 9.59 Å². The van der Waals surface area contributed by atoms with Crippen LogP contribution in [0.5, 0.6) is 0 Å². The molecule has 0 spiro atoms. The monoisotopic (exact) mass is 330 g/mol. The number of carbonyl (C=O) groups is 2. The predicted molar refractivity (Wildman–Crippen MR) is 99.0 cm³/mol. The highest BCUT2D eigenvalue weighted by Gasteiger charge is 2.25. The average Bonchev–Trinajstić information content (AvgIpc) is 2.61. The van der Waals surface area contributed by atoms with Crippen LogP contribution >= 0.6 is 0 Å². The normalized spacial score (nSPS) is 20.4. The van der Waals surface area contributed by atoms with Gasteiger partial charge in [0.25, 0.3) is 0 Å². The number of anilines is 2. The SMILES string of the molecule is CCCCC1CCC(C(=O)Nc2ccc(NC(=O)CC)cc2)CC1. The van der Waals surface area contributed by atoms with E-state index in [1.165, 1.54) is 32.1 Å². The van der Waals surface area contributed by atoms with Crippen molar-refractivity contribution >= 4 is 23.2 Å². The van der Waals surface area contributed by atoms with Crippen molar-refractivity contribution in [3.63, 3.8) is 0 Å². The molecule has 1 aromatic rings. The standard InChI is InChI=1S/C20H30N2O2/c1-3-5-6-15-7-9-16(10-8-15)20(24)22-18-13-11-17(12-14-18)21-19(23)4-2/h11-16H,3-10H2,1-2H3,(H,21,23)(H,22,24). The molecule has 1 aliphatic rings. The zero-order valence-electron chi connectivity index (χ0n) is 14.9. The Kier molecular flexibility index (Phi) is 7.29. The van der Waals surface area contributed by atoms with E-state index in [0.29, 0.717) is 6.42 Å². The number of rotatable bonds is 7. The molecule has 4 heteroatoms. The third-order valence-electron chi connectivity index (χ3n) is 4.94. The molecule has 2 rings (SSSR count). The molecule has 2 N–H and O–H groups in total. The second-order valence-corrected chi connectivity index (χ2v) is 6.83. The fourth-order valence-electron chi connectivity index (χ4n) is 3.34. The van der Waals surface area contributed by atoms with Gasteiger partial charge in [0.15, 0.2) is 0 Å². The first-order valence-corrected chi connectivity index (χ1v) is 9.33. The average molecular weight is 330 g/mol. The summed E-state index contributed by atoms with van der Waals surface area (Å²) >= 11 is 0. The number of benzene rings is 1. The minimum absolute atomic E-state index is 0.00776. The Labute approximate surface area is 145 Å². The van der Waals surface area contributed by atoms with E-state index in [1.54, 1.807) is 0 Å². The van der Waals surface area contributed by atoms with Crippen LogP contribution in [0.2, 0.25) is 0 Å². The molecule has 0 radical (unpaired) electrons. The fourth-order valence-corrected chi connectivity index (χ4v) is 3.34. The summed E-state index contributed by atoms with van der Waals surface area (Å²) in [4.78, 5) is 23.8. The summed E-state index contributed by atoms with van der Waals surface area (Å²) in [5.74, 6) is 1.08. The largest absolute Gasteiger partial charge is 0.326 e. The topological polar surface area (TPSA) is 58.2 Å². The van der Waals surface area contributed by atoms with Crippen molar-refractivity contribution in [2.45, 2.75) is 65.2 Å². The zero-order valence-corrected chi connectivity index (χ0v) is 14.9. The first-order chi connectivity index (χ1) is 11.6. The highest BCUT2D eigenvalue weighted by Crippen LogP contribution is 2.32. The summed E-state index contributed by atoms with van der Waals surface area (Å²) in [7, 11) is 0. The molecule has 0 bridgehead atoms. The van der Waals surface area contributed by atoms with Gasteiger partial charge in [-0.1, -0.05) is 33.1 Å².